The number of hydrogen-bond acceptors (Lipinski definition) is 6. The Balaban J connectivity index is 1.78. The first-order valence-electron chi connectivity index (χ1n) is 7.09. The van der Waals surface area contributed by atoms with Gasteiger partial charge in [-0.05, 0) is 35.4 Å². The molecule has 5 nitrogen and oxygen atoms in total. The molecular weight excluding hydrogens is 338 g/mol. The summed E-state index contributed by atoms with van der Waals surface area (Å²) in [7, 11) is 0. The summed E-state index contributed by atoms with van der Waals surface area (Å²) in [4.78, 5) is 3.95. The minimum atomic E-state index is -1.21. The number of ether oxygens (including phenoxy) is 1. The Labute approximate surface area is 142 Å². The van der Waals surface area contributed by atoms with Gasteiger partial charge in [0, 0.05) is 11.9 Å². The van der Waals surface area contributed by atoms with Crippen molar-refractivity contribution in [3.63, 3.8) is 0 Å². The average Bonchev–Trinajstić information content (AvgIpc) is 2.56. The first kappa shape index (κ1) is 16.5. The molecule has 1 aromatic carbocycles. The second kappa shape index (κ2) is 7.07. The van der Waals surface area contributed by atoms with Gasteiger partial charge in [0.15, 0.2) is 5.44 Å². The standard InChI is InChI=1S/C16H16ClNO4S/c17-13-7-10(4-5-18-13)9-2-1-3-11(6-9)22-16-15(21)14(20)12(19)8-23-16/h1-7,12,14-16,19-21H,8H2/t12-,14+,15-,16-/m1/s1. The first-order valence-corrected chi connectivity index (χ1v) is 8.52. The van der Waals surface area contributed by atoms with Crippen LogP contribution < -0.4 is 4.74 Å². The van der Waals surface area contributed by atoms with Crippen molar-refractivity contribution in [2.24, 2.45) is 0 Å². The molecule has 1 aromatic heterocycles. The number of thioether (sulfide) groups is 1. The number of aliphatic hydroxyl groups is 3. The van der Waals surface area contributed by atoms with E-state index in [2.05, 4.69) is 4.98 Å². The van der Waals surface area contributed by atoms with E-state index in [9.17, 15) is 15.3 Å². The van der Waals surface area contributed by atoms with Crippen molar-refractivity contribution in [1.82, 2.24) is 4.98 Å². The van der Waals surface area contributed by atoms with E-state index in [1.54, 1.807) is 18.3 Å². The van der Waals surface area contributed by atoms with Crippen molar-refractivity contribution in [3.8, 4) is 16.9 Å². The second-order valence-corrected chi connectivity index (χ2v) is 6.78. The largest absolute Gasteiger partial charge is 0.477 e. The van der Waals surface area contributed by atoms with Gasteiger partial charge in [0.05, 0.1) is 6.10 Å². The summed E-state index contributed by atoms with van der Waals surface area (Å²) >= 11 is 7.18. The Morgan fingerprint density at radius 1 is 1.09 bits per heavy atom. The van der Waals surface area contributed by atoms with Gasteiger partial charge < -0.3 is 20.1 Å². The SMILES string of the molecule is O[C@@H]1[C@@H](O)[C@H](Oc2cccc(-c3ccnc(Cl)c3)c2)SC[C@H]1O. The van der Waals surface area contributed by atoms with Crippen LogP contribution in [0.1, 0.15) is 0 Å². The molecule has 3 rings (SSSR count). The molecule has 0 aliphatic carbocycles. The highest BCUT2D eigenvalue weighted by Gasteiger charge is 2.38. The van der Waals surface area contributed by atoms with Crippen molar-refractivity contribution in [1.29, 1.82) is 0 Å². The van der Waals surface area contributed by atoms with Crippen molar-refractivity contribution in [3.05, 3.63) is 47.7 Å². The van der Waals surface area contributed by atoms with E-state index in [1.807, 2.05) is 24.3 Å². The van der Waals surface area contributed by atoms with E-state index in [1.165, 1.54) is 11.8 Å². The number of aromatic nitrogens is 1. The van der Waals surface area contributed by atoms with Gasteiger partial charge >= 0.3 is 0 Å². The smallest absolute Gasteiger partial charge is 0.173 e. The van der Waals surface area contributed by atoms with Crippen molar-refractivity contribution < 1.29 is 20.1 Å². The van der Waals surface area contributed by atoms with Crippen molar-refractivity contribution >= 4 is 23.4 Å². The number of nitrogens with zero attached hydrogens (tertiary/aromatic N) is 1. The Kier molecular flexibility index (Phi) is 5.08. The zero-order valence-electron chi connectivity index (χ0n) is 12.0. The van der Waals surface area contributed by atoms with Crippen LogP contribution >= 0.6 is 23.4 Å². The van der Waals surface area contributed by atoms with Gasteiger partial charge in [0.2, 0.25) is 0 Å². The lowest BCUT2D eigenvalue weighted by atomic mass is 10.1. The lowest BCUT2D eigenvalue weighted by molar-refractivity contribution is -0.0786. The monoisotopic (exact) mass is 353 g/mol. The van der Waals surface area contributed by atoms with Gasteiger partial charge in [-0.3, -0.25) is 0 Å². The Hall–Kier alpha value is -1.31. The Morgan fingerprint density at radius 2 is 1.87 bits per heavy atom. The summed E-state index contributed by atoms with van der Waals surface area (Å²) in [5.41, 5.74) is 1.18. The average molecular weight is 354 g/mol. The van der Waals surface area contributed by atoms with Gasteiger partial charge in [-0.2, -0.15) is 0 Å². The number of hydrogen-bond donors (Lipinski definition) is 3. The molecule has 122 valence electrons. The summed E-state index contributed by atoms with van der Waals surface area (Å²) in [6, 6.07) is 11.0. The third-order valence-electron chi connectivity index (χ3n) is 3.60. The Bertz CT molecular complexity index is 687. The fraction of sp³-hybridized carbons (Fsp3) is 0.312. The number of pyridine rings is 1. The molecule has 1 fully saturated rings. The Morgan fingerprint density at radius 3 is 2.65 bits per heavy atom. The number of benzene rings is 1. The highest BCUT2D eigenvalue weighted by molar-refractivity contribution is 7.99. The van der Waals surface area contributed by atoms with Crippen LogP contribution in [0.3, 0.4) is 0 Å². The molecule has 1 saturated heterocycles. The highest BCUT2D eigenvalue weighted by atomic mass is 35.5. The molecule has 0 amide bonds. The minimum Gasteiger partial charge on any atom is -0.477 e. The minimum absolute atomic E-state index is 0.308. The molecular formula is C16H16ClNO4S. The van der Waals surface area contributed by atoms with Crippen LogP contribution in [0, 0.1) is 0 Å². The van der Waals surface area contributed by atoms with Crippen LogP contribution in [0.15, 0.2) is 42.6 Å². The molecule has 23 heavy (non-hydrogen) atoms. The van der Waals surface area contributed by atoms with Crippen LogP contribution in [0.4, 0.5) is 0 Å². The van der Waals surface area contributed by atoms with E-state index in [-0.39, 0.29) is 0 Å². The van der Waals surface area contributed by atoms with E-state index < -0.39 is 23.7 Å². The summed E-state index contributed by atoms with van der Waals surface area (Å²) < 4.78 is 5.77. The highest BCUT2D eigenvalue weighted by Crippen LogP contribution is 2.31. The molecule has 0 spiro atoms. The quantitative estimate of drug-likeness (QED) is 0.731. The molecule has 7 heteroatoms. The fourth-order valence-electron chi connectivity index (χ4n) is 2.35. The molecule has 0 bridgehead atoms. The van der Waals surface area contributed by atoms with Gasteiger partial charge in [0.25, 0.3) is 0 Å². The molecule has 1 aliphatic heterocycles. The van der Waals surface area contributed by atoms with E-state index >= 15 is 0 Å². The molecule has 0 radical (unpaired) electrons. The lowest BCUT2D eigenvalue weighted by Crippen LogP contribution is -2.50. The zero-order chi connectivity index (χ0) is 16.4. The summed E-state index contributed by atoms with van der Waals surface area (Å²) in [5, 5.41) is 29.7. The summed E-state index contributed by atoms with van der Waals surface area (Å²) in [6.07, 6.45) is -1.67. The predicted molar refractivity (Wildman–Crippen MR) is 89.6 cm³/mol. The van der Waals surface area contributed by atoms with E-state index in [4.69, 9.17) is 16.3 Å². The molecule has 4 atom stereocenters. The molecule has 2 aromatic rings. The van der Waals surface area contributed by atoms with Gasteiger partial charge in [0.1, 0.15) is 23.1 Å². The first-order chi connectivity index (χ1) is 11.0. The van der Waals surface area contributed by atoms with Crippen molar-refractivity contribution in [2.75, 3.05) is 5.75 Å². The topological polar surface area (TPSA) is 82.8 Å². The summed E-state index contributed by atoms with van der Waals surface area (Å²) in [6.45, 7) is 0. The van der Waals surface area contributed by atoms with Crippen LogP contribution in [-0.2, 0) is 0 Å². The maximum absolute atomic E-state index is 10.0. The van der Waals surface area contributed by atoms with Gasteiger partial charge in [-0.15, -0.1) is 11.8 Å². The molecule has 0 saturated carbocycles. The van der Waals surface area contributed by atoms with E-state index in [0.29, 0.717) is 16.7 Å². The molecule has 1 aliphatic rings. The normalized spacial score (nSPS) is 27.7. The maximum atomic E-state index is 10.0. The number of rotatable bonds is 3. The van der Waals surface area contributed by atoms with Crippen molar-refractivity contribution in [2.45, 2.75) is 23.7 Å². The maximum Gasteiger partial charge on any atom is 0.173 e. The van der Waals surface area contributed by atoms with Gasteiger partial charge in [-0.1, -0.05) is 23.7 Å². The van der Waals surface area contributed by atoms with Crippen LogP contribution in [0.2, 0.25) is 5.15 Å². The van der Waals surface area contributed by atoms with Crippen LogP contribution in [0.25, 0.3) is 11.1 Å². The molecule has 0 unspecified atom stereocenters. The second-order valence-electron chi connectivity index (χ2n) is 5.26. The fourth-order valence-corrected chi connectivity index (χ4v) is 3.64. The number of aliphatic hydroxyl groups excluding tert-OH is 3. The van der Waals surface area contributed by atoms with Crippen LogP contribution in [0.5, 0.6) is 5.75 Å². The third kappa shape index (κ3) is 3.79. The zero-order valence-corrected chi connectivity index (χ0v) is 13.6. The molecule has 2 heterocycles. The summed E-state index contributed by atoms with van der Waals surface area (Å²) in [5.74, 6) is 0.873. The van der Waals surface area contributed by atoms with E-state index in [0.717, 1.165) is 11.1 Å². The molecule has 3 N–H and O–H groups in total. The van der Waals surface area contributed by atoms with Gasteiger partial charge in [-0.25, -0.2) is 4.98 Å². The lowest BCUT2D eigenvalue weighted by Gasteiger charge is -2.34. The third-order valence-corrected chi connectivity index (χ3v) is 5.04. The number of halogens is 1. The predicted octanol–water partition coefficient (Wildman–Crippen LogP) is 1.94. The van der Waals surface area contributed by atoms with Crippen LogP contribution in [-0.4, -0.2) is 49.8 Å².